The minimum absolute atomic E-state index is 0.123. The van der Waals surface area contributed by atoms with Crippen LogP contribution >= 0.6 is 11.3 Å². The zero-order valence-corrected chi connectivity index (χ0v) is 20.5. The van der Waals surface area contributed by atoms with E-state index >= 15 is 0 Å². The monoisotopic (exact) mass is 499 g/mol. The van der Waals surface area contributed by atoms with E-state index in [-0.39, 0.29) is 34.5 Å². The third-order valence-electron chi connectivity index (χ3n) is 5.51. The molecule has 0 saturated carbocycles. The first-order valence-corrected chi connectivity index (χ1v) is 13.2. The largest absolute Gasteiger partial charge is 0.379 e. The Kier molecular flexibility index (Phi) is 7.22. The lowest BCUT2D eigenvalue weighted by Crippen LogP contribution is -2.41. The molecule has 0 radical (unpaired) electrons. The predicted molar refractivity (Wildman–Crippen MR) is 131 cm³/mol. The maximum absolute atomic E-state index is 13.3. The van der Waals surface area contributed by atoms with Crippen LogP contribution in [0.4, 0.5) is 5.13 Å². The average molecular weight is 500 g/mol. The van der Waals surface area contributed by atoms with Crippen molar-refractivity contribution >= 4 is 38.2 Å². The molecule has 0 unspecified atom stereocenters. The lowest BCUT2D eigenvalue weighted by molar-refractivity contribution is 0.0730. The molecule has 1 N–H and O–H groups in total. The summed E-state index contributed by atoms with van der Waals surface area (Å²) in [7, 11) is -3.77. The first-order chi connectivity index (χ1) is 16.3. The standard InChI is InChI=1S/C24H25N3O5S2/c1-3-17-9-10-19(15-20(17)34(30,31)27-11-13-32-14-12-27)23(29)26-24-25-21(22(33-24)16(2)28)18-7-5-4-6-8-18/h4-10,15H,3,11-14H2,1-2H3,(H,25,26,29). The van der Waals surface area contributed by atoms with Crippen LogP contribution < -0.4 is 5.32 Å². The number of carbonyl (C=O) groups is 2. The molecule has 3 aromatic rings. The van der Waals surface area contributed by atoms with Crippen molar-refractivity contribution < 1.29 is 22.7 Å². The lowest BCUT2D eigenvalue weighted by Gasteiger charge is -2.27. The van der Waals surface area contributed by atoms with Crippen LogP contribution in [-0.4, -0.2) is 55.7 Å². The number of rotatable bonds is 7. The van der Waals surface area contributed by atoms with Crippen LogP contribution in [0.5, 0.6) is 0 Å². The first kappa shape index (κ1) is 24.2. The molecule has 0 aliphatic carbocycles. The van der Waals surface area contributed by atoms with Gasteiger partial charge in [0.15, 0.2) is 10.9 Å². The number of hydrogen-bond acceptors (Lipinski definition) is 7. The topological polar surface area (TPSA) is 106 Å². The summed E-state index contributed by atoms with van der Waals surface area (Å²) in [5.41, 5.74) is 2.12. The normalized spacial score (nSPS) is 14.6. The summed E-state index contributed by atoms with van der Waals surface area (Å²) in [6.45, 7) is 4.56. The number of anilines is 1. The fraction of sp³-hybridized carbons (Fsp3) is 0.292. The third-order valence-corrected chi connectivity index (χ3v) is 8.57. The summed E-state index contributed by atoms with van der Waals surface area (Å²) in [6.07, 6.45) is 0.510. The Morgan fingerprint density at radius 2 is 1.82 bits per heavy atom. The molecule has 34 heavy (non-hydrogen) atoms. The molecule has 1 fully saturated rings. The molecule has 0 spiro atoms. The van der Waals surface area contributed by atoms with E-state index in [0.29, 0.717) is 35.8 Å². The number of Topliss-reactive ketones (excluding diaryl/α,β-unsaturated/α-hetero) is 1. The highest BCUT2D eigenvalue weighted by Crippen LogP contribution is 2.32. The minimum atomic E-state index is -3.77. The highest BCUT2D eigenvalue weighted by molar-refractivity contribution is 7.89. The number of nitrogens with one attached hydrogen (secondary N) is 1. The van der Waals surface area contributed by atoms with E-state index < -0.39 is 15.9 Å². The average Bonchev–Trinajstić information content (AvgIpc) is 3.29. The molecule has 1 saturated heterocycles. The summed E-state index contributed by atoms with van der Waals surface area (Å²) in [4.78, 5) is 30.2. The maximum Gasteiger partial charge on any atom is 0.257 e. The molecule has 1 aromatic heterocycles. The van der Waals surface area contributed by atoms with Crippen LogP contribution in [-0.2, 0) is 21.2 Å². The zero-order chi connectivity index (χ0) is 24.3. The highest BCUT2D eigenvalue weighted by Gasteiger charge is 2.29. The van der Waals surface area contributed by atoms with Gasteiger partial charge in [-0.3, -0.25) is 14.9 Å². The lowest BCUT2D eigenvalue weighted by atomic mass is 10.1. The number of nitrogens with zero attached hydrogens (tertiary/aromatic N) is 2. The zero-order valence-electron chi connectivity index (χ0n) is 18.9. The quantitative estimate of drug-likeness (QED) is 0.495. The summed E-state index contributed by atoms with van der Waals surface area (Å²) >= 11 is 1.09. The molecule has 1 aliphatic rings. The fourth-order valence-corrected chi connectivity index (χ4v) is 6.33. The van der Waals surface area contributed by atoms with E-state index in [4.69, 9.17) is 4.74 Å². The molecule has 1 aliphatic heterocycles. The fourth-order valence-electron chi connectivity index (χ4n) is 3.73. The molecule has 0 atom stereocenters. The van der Waals surface area contributed by atoms with Gasteiger partial charge in [0.05, 0.1) is 28.7 Å². The Balaban J connectivity index is 1.64. The van der Waals surface area contributed by atoms with Gasteiger partial charge in [-0.15, -0.1) is 0 Å². The number of sulfonamides is 1. The van der Waals surface area contributed by atoms with Crippen LogP contribution in [0.1, 0.15) is 39.4 Å². The second kappa shape index (κ2) is 10.1. The number of amides is 1. The molecule has 2 heterocycles. The van der Waals surface area contributed by atoms with Crippen molar-refractivity contribution in [3.05, 3.63) is 64.5 Å². The van der Waals surface area contributed by atoms with Crippen LogP contribution in [0.25, 0.3) is 11.3 Å². The van der Waals surface area contributed by atoms with E-state index in [9.17, 15) is 18.0 Å². The van der Waals surface area contributed by atoms with Crippen molar-refractivity contribution in [3.8, 4) is 11.3 Å². The smallest absolute Gasteiger partial charge is 0.257 e. The Morgan fingerprint density at radius 1 is 1.12 bits per heavy atom. The van der Waals surface area contributed by atoms with E-state index in [1.807, 2.05) is 37.3 Å². The van der Waals surface area contributed by atoms with Gasteiger partial charge in [0.2, 0.25) is 10.0 Å². The van der Waals surface area contributed by atoms with Crippen molar-refractivity contribution in [2.45, 2.75) is 25.2 Å². The van der Waals surface area contributed by atoms with Crippen LogP contribution in [0.3, 0.4) is 0 Å². The number of hydrogen-bond donors (Lipinski definition) is 1. The molecule has 1 amide bonds. The number of morpholine rings is 1. The summed E-state index contributed by atoms with van der Waals surface area (Å²) in [5, 5.41) is 3.00. The minimum Gasteiger partial charge on any atom is -0.379 e. The van der Waals surface area contributed by atoms with Crippen LogP contribution in [0.2, 0.25) is 0 Å². The number of aromatic nitrogens is 1. The molecule has 2 aromatic carbocycles. The second-order valence-corrected chi connectivity index (χ2v) is 10.7. The Bertz CT molecular complexity index is 1310. The Labute approximate surface area is 202 Å². The third kappa shape index (κ3) is 4.95. The van der Waals surface area contributed by atoms with Crippen molar-refractivity contribution in [1.29, 1.82) is 0 Å². The summed E-state index contributed by atoms with van der Waals surface area (Å²) < 4.78 is 33.2. The SMILES string of the molecule is CCc1ccc(C(=O)Nc2nc(-c3ccccc3)c(C(C)=O)s2)cc1S(=O)(=O)N1CCOCC1. The molecular weight excluding hydrogens is 474 g/mol. The van der Waals surface area contributed by atoms with Crippen molar-refractivity contribution in [3.63, 3.8) is 0 Å². The van der Waals surface area contributed by atoms with E-state index in [1.165, 1.54) is 17.3 Å². The summed E-state index contributed by atoms with van der Waals surface area (Å²) in [6, 6.07) is 13.9. The van der Waals surface area contributed by atoms with Crippen LogP contribution in [0.15, 0.2) is 53.4 Å². The number of carbonyl (C=O) groups excluding carboxylic acids is 2. The molecule has 178 valence electrons. The molecule has 0 bridgehead atoms. The van der Waals surface area contributed by atoms with E-state index in [0.717, 1.165) is 16.9 Å². The number of ether oxygens (including phenoxy) is 1. The number of ketones is 1. The molecular formula is C24H25N3O5S2. The van der Waals surface area contributed by atoms with Gasteiger partial charge in [-0.2, -0.15) is 4.31 Å². The van der Waals surface area contributed by atoms with Gasteiger partial charge < -0.3 is 4.74 Å². The van der Waals surface area contributed by atoms with Gasteiger partial charge in [-0.25, -0.2) is 13.4 Å². The first-order valence-electron chi connectivity index (χ1n) is 10.9. The highest BCUT2D eigenvalue weighted by atomic mass is 32.2. The van der Waals surface area contributed by atoms with Crippen molar-refractivity contribution in [2.24, 2.45) is 0 Å². The van der Waals surface area contributed by atoms with E-state index in [2.05, 4.69) is 10.3 Å². The molecule has 4 rings (SSSR count). The maximum atomic E-state index is 13.3. The van der Waals surface area contributed by atoms with Gasteiger partial charge in [0.1, 0.15) is 0 Å². The van der Waals surface area contributed by atoms with Gasteiger partial charge >= 0.3 is 0 Å². The van der Waals surface area contributed by atoms with E-state index in [1.54, 1.807) is 12.1 Å². The number of thiazole rings is 1. The number of benzene rings is 2. The van der Waals surface area contributed by atoms with Crippen molar-refractivity contribution in [2.75, 3.05) is 31.6 Å². The molecule has 10 heteroatoms. The molecule has 8 nitrogen and oxygen atoms in total. The Morgan fingerprint density at radius 3 is 2.47 bits per heavy atom. The van der Waals surface area contributed by atoms with Crippen molar-refractivity contribution in [1.82, 2.24) is 9.29 Å². The summed E-state index contributed by atoms with van der Waals surface area (Å²) in [5.74, 6) is -0.646. The van der Waals surface area contributed by atoms with Gasteiger partial charge in [-0.05, 0) is 24.1 Å². The van der Waals surface area contributed by atoms with Crippen LogP contribution in [0, 0.1) is 0 Å². The number of aryl methyl sites for hydroxylation is 1. The van der Waals surface area contributed by atoms with Gasteiger partial charge in [-0.1, -0.05) is 54.7 Å². The predicted octanol–water partition coefficient (Wildman–Crippen LogP) is 3.85. The second-order valence-electron chi connectivity index (χ2n) is 7.77. The van der Waals surface area contributed by atoms with Gasteiger partial charge in [0, 0.05) is 31.1 Å². The van der Waals surface area contributed by atoms with Gasteiger partial charge in [0.25, 0.3) is 5.91 Å². The Hall–Kier alpha value is -2.92.